The third kappa shape index (κ3) is 5.91. The fourth-order valence-corrected chi connectivity index (χ4v) is 3.10. The molecule has 0 spiro atoms. The van der Waals surface area contributed by atoms with Crippen LogP contribution in [-0.2, 0) is 4.74 Å². The van der Waals surface area contributed by atoms with Crippen LogP contribution >= 0.6 is 15.9 Å². The summed E-state index contributed by atoms with van der Waals surface area (Å²) in [5.41, 5.74) is 0. The summed E-state index contributed by atoms with van der Waals surface area (Å²) in [5, 5.41) is 0. The maximum absolute atomic E-state index is 5.65. The summed E-state index contributed by atoms with van der Waals surface area (Å²) in [6, 6.07) is 0. The van der Waals surface area contributed by atoms with Gasteiger partial charge in [0.25, 0.3) is 0 Å². The molecule has 0 heterocycles. The second-order valence-electron chi connectivity index (χ2n) is 4.67. The van der Waals surface area contributed by atoms with Crippen LogP contribution in [0.5, 0.6) is 0 Å². The highest BCUT2D eigenvalue weighted by molar-refractivity contribution is 9.09. The molecule has 0 aromatic rings. The minimum atomic E-state index is 0.745. The summed E-state index contributed by atoms with van der Waals surface area (Å²) in [6.07, 6.45) is 10.7. The van der Waals surface area contributed by atoms with E-state index in [-0.39, 0.29) is 0 Å². The van der Waals surface area contributed by atoms with Gasteiger partial charge < -0.3 is 4.74 Å². The Labute approximate surface area is 103 Å². The van der Waals surface area contributed by atoms with Gasteiger partial charge in [0.1, 0.15) is 0 Å². The minimum Gasteiger partial charge on any atom is -0.381 e. The second-order valence-corrected chi connectivity index (χ2v) is 5.84. The van der Waals surface area contributed by atoms with E-state index in [0.29, 0.717) is 0 Å². The van der Waals surface area contributed by atoms with Crippen LogP contribution in [-0.4, -0.2) is 18.0 Å². The normalized spacial score (nSPS) is 27.6. The van der Waals surface area contributed by atoms with Gasteiger partial charge in [-0.05, 0) is 31.6 Å². The molecule has 2 heteroatoms. The van der Waals surface area contributed by atoms with E-state index in [4.69, 9.17) is 4.74 Å². The van der Waals surface area contributed by atoms with Crippen molar-refractivity contribution in [2.45, 2.75) is 63.1 Å². The fourth-order valence-electron chi connectivity index (χ4n) is 2.25. The van der Waals surface area contributed by atoms with Crippen molar-refractivity contribution in [3.8, 4) is 0 Å². The average Bonchev–Trinajstić information content (AvgIpc) is 2.44. The number of rotatable bonds is 6. The van der Waals surface area contributed by atoms with E-state index >= 15 is 0 Å². The molecular formula is C13H25BrO. The Hall–Kier alpha value is 0.440. The Kier molecular flexibility index (Phi) is 7.72. The van der Waals surface area contributed by atoms with Crippen molar-refractivity contribution in [1.82, 2.24) is 0 Å². The number of ether oxygens (including phenoxy) is 1. The molecule has 0 N–H and O–H groups in total. The number of unbranched alkanes of at least 4 members (excludes halogenated alkanes) is 1. The number of halogens is 1. The topological polar surface area (TPSA) is 9.23 Å². The van der Waals surface area contributed by atoms with Crippen LogP contribution in [0.1, 0.15) is 58.3 Å². The van der Waals surface area contributed by atoms with Gasteiger partial charge in [-0.1, -0.05) is 48.5 Å². The van der Waals surface area contributed by atoms with Gasteiger partial charge in [0.05, 0.1) is 0 Å². The van der Waals surface area contributed by atoms with E-state index in [1.54, 1.807) is 0 Å². The van der Waals surface area contributed by atoms with E-state index in [2.05, 4.69) is 22.9 Å². The molecule has 1 aliphatic carbocycles. The van der Waals surface area contributed by atoms with Crippen molar-refractivity contribution in [2.24, 2.45) is 5.92 Å². The molecule has 2 atom stereocenters. The van der Waals surface area contributed by atoms with Crippen molar-refractivity contribution in [2.75, 3.05) is 13.2 Å². The van der Waals surface area contributed by atoms with E-state index in [0.717, 1.165) is 24.0 Å². The van der Waals surface area contributed by atoms with Gasteiger partial charge in [-0.15, -0.1) is 0 Å². The summed E-state index contributed by atoms with van der Waals surface area (Å²) in [6.45, 7) is 4.13. The Morgan fingerprint density at radius 2 is 1.93 bits per heavy atom. The van der Waals surface area contributed by atoms with Crippen LogP contribution in [0.2, 0.25) is 0 Å². The molecule has 1 saturated carbocycles. The number of hydrogen-bond donors (Lipinski definition) is 0. The summed E-state index contributed by atoms with van der Waals surface area (Å²) in [4.78, 5) is 0.745. The van der Waals surface area contributed by atoms with Crippen molar-refractivity contribution in [3.05, 3.63) is 0 Å². The Morgan fingerprint density at radius 3 is 2.73 bits per heavy atom. The molecule has 1 nitrogen and oxygen atoms in total. The first-order valence-electron chi connectivity index (χ1n) is 6.56. The monoisotopic (exact) mass is 276 g/mol. The Balaban J connectivity index is 2.07. The van der Waals surface area contributed by atoms with Crippen LogP contribution in [0.15, 0.2) is 0 Å². The van der Waals surface area contributed by atoms with Crippen LogP contribution < -0.4 is 0 Å². The van der Waals surface area contributed by atoms with Gasteiger partial charge in [0.2, 0.25) is 0 Å². The first-order valence-corrected chi connectivity index (χ1v) is 7.48. The molecule has 1 aliphatic rings. The highest BCUT2D eigenvalue weighted by Gasteiger charge is 2.20. The van der Waals surface area contributed by atoms with Gasteiger partial charge in [-0.3, -0.25) is 0 Å². The molecule has 0 amide bonds. The summed E-state index contributed by atoms with van der Waals surface area (Å²) in [7, 11) is 0. The molecule has 0 aliphatic heterocycles. The van der Waals surface area contributed by atoms with Gasteiger partial charge >= 0.3 is 0 Å². The standard InChI is InChI=1S/C13H25BrO/c1-2-3-10-15-11-9-12-7-5-4-6-8-13(12)14/h12-13H,2-11H2,1H3. The second kappa shape index (κ2) is 8.58. The highest BCUT2D eigenvalue weighted by atomic mass is 79.9. The quantitative estimate of drug-likeness (QED) is 0.393. The molecule has 1 fully saturated rings. The van der Waals surface area contributed by atoms with Crippen LogP contribution in [0.4, 0.5) is 0 Å². The molecule has 0 aromatic heterocycles. The molecule has 0 saturated heterocycles. The Morgan fingerprint density at radius 1 is 1.13 bits per heavy atom. The lowest BCUT2D eigenvalue weighted by Gasteiger charge is -2.19. The molecule has 0 bridgehead atoms. The lowest BCUT2D eigenvalue weighted by molar-refractivity contribution is 0.116. The van der Waals surface area contributed by atoms with Gasteiger partial charge in [-0.25, -0.2) is 0 Å². The number of alkyl halides is 1. The zero-order chi connectivity index (χ0) is 10.9. The van der Waals surface area contributed by atoms with Crippen molar-refractivity contribution in [1.29, 1.82) is 0 Å². The lowest BCUT2D eigenvalue weighted by atomic mass is 9.97. The predicted octanol–water partition coefficient (Wildman–Crippen LogP) is 4.54. The first-order chi connectivity index (χ1) is 7.34. The molecule has 15 heavy (non-hydrogen) atoms. The molecular weight excluding hydrogens is 252 g/mol. The van der Waals surface area contributed by atoms with E-state index in [1.165, 1.54) is 51.4 Å². The maximum atomic E-state index is 5.65. The van der Waals surface area contributed by atoms with Crippen molar-refractivity contribution >= 4 is 15.9 Å². The van der Waals surface area contributed by atoms with E-state index in [1.807, 2.05) is 0 Å². The summed E-state index contributed by atoms with van der Waals surface area (Å²) < 4.78 is 5.65. The Bertz CT molecular complexity index is 149. The predicted molar refractivity (Wildman–Crippen MR) is 69.6 cm³/mol. The third-order valence-corrected chi connectivity index (χ3v) is 4.55. The van der Waals surface area contributed by atoms with E-state index in [9.17, 15) is 0 Å². The lowest BCUT2D eigenvalue weighted by Crippen LogP contribution is -2.15. The minimum absolute atomic E-state index is 0.745. The van der Waals surface area contributed by atoms with Crippen LogP contribution in [0.3, 0.4) is 0 Å². The number of hydrogen-bond acceptors (Lipinski definition) is 1. The fraction of sp³-hybridized carbons (Fsp3) is 1.00. The average molecular weight is 277 g/mol. The summed E-state index contributed by atoms with van der Waals surface area (Å²) in [5.74, 6) is 0.856. The highest BCUT2D eigenvalue weighted by Crippen LogP contribution is 2.30. The van der Waals surface area contributed by atoms with Gasteiger partial charge in [-0.2, -0.15) is 0 Å². The SMILES string of the molecule is CCCCOCCC1CCCCCC1Br. The zero-order valence-corrected chi connectivity index (χ0v) is 11.6. The maximum Gasteiger partial charge on any atom is 0.0469 e. The van der Waals surface area contributed by atoms with Gasteiger partial charge in [0, 0.05) is 18.0 Å². The molecule has 90 valence electrons. The smallest absolute Gasteiger partial charge is 0.0469 e. The van der Waals surface area contributed by atoms with Crippen molar-refractivity contribution in [3.63, 3.8) is 0 Å². The zero-order valence-electron chi connectivity index (χ0n) is 10.0. The molecule has 1 rings (SSSR count). The van der Waals surface area contributed by atoms with E-state index < -0.39 is 0 Å². The summed E-state index contributed by atoms with van der Waals surface area (Å²) >= 11 is 3.83. The third-order valence-electron chi connectivity index (χ3n) is 3.34. The largest absolute Gasteiger partial charge is 0.381 e. The first kappa shape index (κ1) is 13.5. The van der Waals surface area contributed by atoms with Crippen LogP contribution in [0, 0.1) is 5.92 Å². The van der Waals surface area contributed by atoms with Gasteiger partial charge in [0.15, 0.2) is 0 Å². The van der Waals surface area contributed by atoms with Crippen LogP contribution in [0.25, 0.3) is 0 Å². The van der Waals surface area contributed by atoms with Crippen molar-refractivity contribution < 1.29 is 4.74 Å². The molecule has 0 radical (unpaired) electrons. The molecule has 2 unspecified atom stereocenters. The molecule has 0 aromatic carbocycles.